The molecular weight excluding hydrogens is 385 g/mol. The Hall–Kier alpha value is -3.07. The van der Waals surface area contributed by atoms with Crippen molar-refractivity contribution in [1.29, 1.82) is 0 Å². The number of halogens is 3. The van der Waals surface area contributed by atoms with Crippen molar-refractivity contribution in [2.45, 2.75) is 13.1 Å². The number of anilines is 2. The number of hydrogen-bond acceptors (Lipinski definition) is 4. The highest BCUT2D eigenvalue weighted by molar-refractivity contribution is 6.03. The maximum Gasteiger partial charge on any atom is 0.418 e. The molecule has 1 aliphatic heterocycles. The van der Waals surface area contributed by atoms with Crippen LogP contribution in [0.3, 0.4) is 0 Å². The topological polar surface area (TPSA) is 58.9 Å². The molecule has 1 amide bonds. The predicted molar refractivity (Wildman–Crippen MR) is 102 cm³/mol. The lowest BCUT2D eigenvalue weighted by Gasteiger charge is -2.29. The van der Waals surface area contributed by atoms with Gasteiger partial charge in [0.2, 0.25) is 0 Å². The molecule has 4 rings (SSSR count). The summed E-state index contributed by atoms with van der Waals surface area (Å²) in [6, 6.07) is 9.29. The zero-order chi connectivity index (χ0) is 20.6. The highest BCUT2D eigenvalue weighted by Gasteiger charge is 2.35. The van der Waals surface area contributed by atoms with Crippen molar-refractivity contribution >= 4 is 22.9 Å². The van der Waals surface area contributed by atoms with Crippen molar-refractivity contribution < 1.29 is 22.7 Å². The first-order valence-corrected chi connectivity index (χ1v) is 9.13. The quantitative estimate of drug-likeness (QED) is 0.722. The van der Waals surface area contributed by atoms with Crippen LogP contribution >= 0.6 is 0 Å². The SMILES string of the molecule is Cc1cccc2nc(C(=O)Nc3ccc(N4CCOCC4)cc3C(F)(F)F)cn12. The van der Waals surface area contributed by atoms with Gasteiger partial charge in [0, 0.05) is 30.7 Å². The molecule has 6 nitrogen and oxygen atoms in total. The molecule has 0 spiro atoms. The van der Waals surface area contributed by atoms with Crippen LogP contribution < -0.4 is 10.2 Å². The van der Waals surface area contributed by atoms with E-state index in [-0.39, 0.29) is 11.4 Å². The number of aryl methyl sites for hydroxylation is 1. The minimum atomic E-state index is -4.61. The number of imidazole rings is 1. The fourth-order valence-electron chi connectivity index (χ4n) is 3.34. The van der Waals surface area contributed by atoms with Gasteiger partial charge in [-0.2, -0.15) is 13.2 Å². The number of nitrogens with zero attached hydrogens (tertiary/aromatic N) is 3. The summed E-state index contributed by atoms with van der Waals surface area (Å²) in [5, 5.41) is 2.37. The molecule has 0 atom stereocenters. The normalized spacial score (nSPS) is 15.0. The fraction of sp³-hybridized carbons (Fsp3) is 0.300. The molecule has 0 radical (unpaired) electrons. The molecule has 1 aliphatic rings. The standard InChI is InChI=1S/C20H19F3N4O2/c1-13-3-2-4-18-24-17(12-27(13)18)19(28)25-16-6-5-14(11-15(16)20(21,22)23)26-7-9-29-10-8-26/h2-6,11-12H,7-10H2,1H3,(H,25,28). The number of rotatable bonds is 3. The summed E-state index contributed by atoms with van der Waals surface area (Å²) in [6.07, 6.45) is -3.10. The highest BCUT2D eigenvalue weighted by atomic mass is 19.4. The Morgan fingerprint density at radius 3 is 2.62 bits per heavy atom. The molecule has 1 fully saturated rings. The van der Waals surface area contributed by atoms with Gasteiger partial charge in [0.1, 0.15) is 11.3 Å². The zero-order valence-electron chi connectivity index (χ0n) is 15.7. The molecule has 3 aromatic rings. The Bertz CT molecular complexity index is 1060. The van der Waals surface area contributed by atoms with E-state index in [1.807, 2.05) is 17.9 Å². The third-order valence-electron chi connectivity index (χ3n) is 4.86. The summed E-state index contributed by atoms with van der Waals surface area (Å²) in [7, 11) is 0. The number of pyridine rings is 1. The van der Waals surface area contributed by atoms with Gasteiger partial charge < -0.3 is 19.4 Å². The third-order valence-corrected chi connectivity index (χ3v) is 4.86. The smallest absolute Gasteiger partial charge is 0.378 e. The van der Waals surface area contributed by atoms with Gasteiger partial charge in [-0.15, -0.1) is 0 Å². The van der Waals surface area contributed by atoms with Crippen LogP contribution in [-0.4, -0.2) is 41.6 Å². The first kappa shape index (κ1) is 19.3. The van der Waals surface area contributed by atoms with E-state index >= 15 is 0 Å². The summed E-state index contributed by atoms with van der Waals surface area (Å²) in [5.41, 5.74) is 0.712. The van der Waals surface area contributed by atoms with E-state index in [2.05, 4.69) is 10.3 Å². The van der Waals surface area contributed by atoms with Crippen LogP contribution in [0.4, 0.5) is 24.5 Å². The second-order valence-electron chi connectivity index (χ2n) is 6.80. The Morgan fingerprint density at radius 2 is 1.93 bits per heavy atom. The van der Waals surface area contributed by atoms with Crippen LogP contribution in [0.15, 0.2) is 42.6 Å². The van der Waals surface area contributed by atoms with E-state index in [4.69, 9.17) is 4.74 Å². The molecule has 1 N–H and O–H groups in total. The van der Waals surface area contributed by atoms with Crippen LogP contribution in [0.1, 0.15) is 21.7 Å². The number of carbonyl (C=O) groups excluding carboxylic acids is 1. The van der Waals surface area contributed by atoms with E-state index < -0.39 is 17.6 Å². The van der Waals surface area contributed by atoms with E-state index in [1.165, 1.54) is 12.3 Å². The van der Waals surface area contributed by atoms with Gasteiger partial charge in [0.25, 0.3) is 5.91 Å². The molecule has 152 valence electrons. The van der Waals surface area contributed by atoms with Crippen LogP contribution in [-0.2, 0) is 10.9 Å². The summed E-state index contributed by atoms with van der Waals surface area (Å²) < 4.78 is 47.9. The molecule has 29 heavy (non-hydrogen) atoms. The monoisotopic (exact) mass is 404 g/mol. The Labute approximate surface area is 164 Å². The lowest BCUT2D eigenvalue weighted by Crippen LogP contribution is -2.36. The second kappa shape index (κ2) is 7.40. The largest absolute Gasteiger partial charge is 0.418 e. The van der Waals surface area contributed by atoms with Crippen molar-refractivity contribution in [2.75, 3.05) is 36.5 Å². The average molecular weight is 404 g/mol. The number of carbonyl (C=O) groups is 1. The van der Waals surface area contributed by atoms with Crippen LogP contribution in [0.25, 0.3) is 5.65 Å². The lowest BCUT2D eigenvalue weighted by atomic mass is 10.1. The summed E-state index contributed by atoms with van der Waals surface area (Å²) in [6.45, 7) is 3.82. The van der Waals surface area contributed by atoms with Crippen molar-refractivity contribution in [1.82, 2.24) is 9.38 Å². The number of ether oxygens (including phenoxy) is 1. The second-order valence-corrected chi connectivity index (χ2v) is 6.80. The van der Waals surface area contributed by atoms with Gasteiger partial charge in [-0.1, -0.05) is 6.07 Å². The molecular formula is C20H19F3N4O2. The molecule has 3 heterocycles. The number of hydrogen-bond donors (Lipinski definition) is 1. The van der Waals surface area contributed by atoms with Crippen LogP contribution in [0.2, 0.25) is 0 Å². The minimum Gasteiger partial charge on any atom is -0.378 e. The molecule has 1 saturated heterocycles. The van der Waals surface area contributed by atoms with Crippen molar-refractivity contribution in [3.05, 3.63) is 59.5 Å². The number of alkyl halides is 3. The highest BCUT2D eigenvalue weighted by Crippen LogP contribution is 2.37. The molecule has 2 aromatic heterocycles. The molecule has 0 bridgehead atoms. The zero-order valence-corrected chi connectivity index (χ0v) is 15.7. The maximum atomic E-state index is 13.7. The van der Waals surface area contributed by atoms with Gasteiger partial charge >= 0.3 is 6.18 Å². The first-order valence-electron chi connectivity index (χ1n) is 9.13. The Kier molecular flexibility index (Phi) is 4.91. The van der Waals surface area contributed by atoms with Crippen LogP contribution in [0.5, 0.6) is 0 Å². The number of benzene rings is 1. The number of nitrogens with one attached hydrogen (secondary N) is 1. The molecule has 0 aliphatic carbocycles. The van der Waals surface area contributed by atoms with Gasteiger partial charge in [0.15, 0.2) is 0 Å². The van der Waals surface area contributed by atoms with E-state index in [0.29, 0.717) is 37.6 Å². The fourth-order valence-corrected chi connectivity index (χ4v) is 3.34. The number of amides is 1. The third kappa shape index (κ3) is 3.91. The summed E-state index contributed by atoms with van der Waals surface area (Å²) in [5.74, 6) is -0.697. The van der Waals surface area contributed by atoms with Crippen molar-refractivity contribution in [3.63, 3.8) is 0 Å². The van der Waals surface area contributed by atoms with E-state index in [0.717, 1.165) is 11.8 Å². The van der Waals surface area contributed by atoms with Gasteiger partial charge in [0.05, 0.1) is 24.5 Å². The van der Waals surface area contributed by atoms with Gasteiger partial charge in [-0.05, 0) is 37.3 Å². The molecule has 0 unspecified atom stereocenters. The summed E-state index contributed by atoms with van der Waals surface area (Å²) >= 11 is 0. The molecule has 0 saturated carbocycles. The predicted octanol–water partition coefficient (Wildman–Crippen LogP) is 3.75. The number of fused-ring (bicyclic) bond motifs is 1. The Balaban J connectivity index is 1.64. The maximum absolute atomic E-state index is 13.7. The average Bonchev–Trinajstić information content (AvgIpc) is 3.14. The molecule has 9 heteroatoms. The summed E-state index contributed by atoms with van der Waals surface area (Å²) in [4.78, 5) is 18.6. The minimum absolute atomic E-state index is 0.0460. The van der Waals surface area contributed by atoms with Crippen molar-refractivity contribution in [2.24, 2.45) is 0 Å². The Morgan fingerprint density at radius 1 is 1.17 bits per heavy atom. The van der Waals surface area contributed by atoms with Crippen molar-refractivity contribution in [3.8, 4) is 0 Å². The van der Waals surface area contributed by atoms with E-state index in [9.17, 15) is 18.0 Å². The number of morpholine rings is 1. The molecule has 1 aromatic carbocycles. The van der Waals surface area contributed by atoms with Crippen LogP contribution in [0, 0.1) is 6.92 Å². The van der Waals surface area contributed by atoms with E-state index in [1.54, 1.807) is 22.6 Å². The number of aromatic nitrogens is 2. The van der Waals surface area contributed by atoms with Gasteiger partial charge in [-0.25, -0.2) is 4.98 Å². The van der Waals surface area contributed by atoms with Gasteiger partial charge in [-0.3, -0.25) is 4.79 Å². The first-order chi connectivity index (χ1) is 13.8. The lowest BCUT2D eigenvalue weighted by molar-refractivity contribution is -0.136.